The second-order valence-corrected chi connectivity index (χ2v) is 10.6. The first-order valence-electron chi connectivity index (χ1n) is 8.65. The predicted octanol–water partition coefficient (Wildman–Crippen LogP) is 3.56. The summed E-state index contributed by atoms with van der Waals surface area (Å²) in [5, 5.41) is 0. The van der Waals surface area contributed by atoms with E-state index in [-0.39, 0.29) is 15.5 Å². The van der Waals surface area contributed by atoms with Crippen molar-refractivity contribution in [2.24, 2.45) is 0 Å². The molecule has 6 nitrogen and oxygen atoms in total. The van der Waals surface area contributed by atoms with Crippen molar-refractivity contribution in [3.05, 3.63) is 53.6 Å². The molecule has 1 unspecified atom stereocenters. The molecule has 148 valence electrons. The van der Waals surface area contributed by atoms with Gasteiger partial charge in [-0.15, -0.1) is 0 Å². The molecule has 2 rings (SSSR count). The van der Waals surface area contributed by atoms with E-state index >= 15 is 0 Å². The Kier molecular flexibility index (Phi) is 6.34. The molecule has 0 fully saturated rings. The average Bonchev–Trinajstić information content (AvgIpc) is 2.62. The van der Waals surface area contributed by atoms with Crippen LogP contribution in [0, 0.1) is 6.92 Å². The molecule has 1 N–H and O–H groups in total. The number of sulfonamides is 2. The summed E-state index contributed by atoms with van der Waals surface area (Å²) in [7, 11) is -4.62. The van der Waals surface area contributed by atoms with E-state index in [1.165, 1.54) is 26.2 Å². The lowest BCUT2D eigenvalue weighted by molar-refractivity contribution is 0.520. The zero-order chi connectivity index (χ0) is 20.4. The van der Waals surface area contributed by atoms with Crippen LogP contribution in [0.2, 0.25) is 0 Å². The van der Waals surface area contributed by atoms with Crippen LogP contribution in [0.15, 0.2) is 52.3 Å². The van der Waals surface area contributed by atoms with Crippen molar-refractivity contribution in [3.63, 3.8) is 0 Å². The predicted molar refractivity (Wildman–Crippen MR) is 108 cm³/mol. The van der Waals surface area contributed by atoms with Crippen LogP contribution < -0.4 is 4.72 Å². The highest BCUT2D eigenvalue weighted by atomic mass is 32.2. The monoisotopic (exact) mass is 410 g/mol. The van der Waals surface area contributed by atoms with Crippen molar-refractivity contribution in [3.8, 4) is 0 Å². The second-order valence-electron chi connectivity index (χ2n) is 6.75. The van der Waals surface area contributed by atoms with Gasteiger partial charge in [-0.05, 0) is 54.7 Å². The molecule has 0 saturated heterocycles. The van der Waals surface area contributed by atoms with Gasteiger partial charge in [-0.1, -0.05) is 32.0 Å². The van der Waals surface area contributed by atoms with Crippen molar-refractivity contribution in [2.75, 3.05) is 18.8 Å². The van der Waals surface area contributed by atoms with Crippen molar-refractivity contribution in [1.29, 1.82) is 0 Å². The molecular weight excluding hydrogens is 384 g/mol. The maximum Gasteiger partial charge on any atom is 0.261 e. The van der Waals surface area contributed by atoms with Gasteiger partial charge >= 0.3 is 0 Å². The standard InChI is InChI=1S/C19H26N2O4S2/c1-6-14(2)16-8-11-17(12-9-16)26(22,23)20-19-13-18(10-7-15(19)3)27(24,25)21(4)5/h7-14,20H,6H2,1-5H3. The Balaban J connectivity index is 2.38. The molecular formula is C19H26N2O4S2. The molecule has 0 radical (unpaired) electrons. The van der Waals surface area contributed by atoms with Gasteiger partial charge in [0.1, 0.15) is 0 Å². The number of nitrogens with zero attached hydrogens (tertiary/aromatic N) is 1. The number of hydrogen-bond donors (Lipinski definition) is 1. The third kappa shape index (κ3) is 4.69. The Morgan fingerprint density at radius 2 is 1.52 bits per heavy atom. The normalized spacial score (nSPS) is 13.6. The summed E-state index contributed by atoms with van der Waals surface area (Å²) in [6.45, 7) is 5.88. The van der Waals surface area contributed by atoms with Gasteiger partial charge in [-0.25, -0.2) is 21.1 Å². The molecule has 0 amide bonds. The highest BCUT2D eigenvalue weighted by Gasteiger charge is 2.21. The molecule has 0 spiro atoms. The number of nitrogens with one attached hydrogen (secondary N) is 1. The Hall–Kier alpha value is -1.90. The number of benzene rings is 2. The summed E-state index contributed by atoms with van der Waals surface area (Å²) >= 11 is 0. The Labute approximate surface area is 162 Å². The molecule has 0 heterocycles. The molecule has 1 atom stereocenters. The average molecular weight is 411 g/mol. The molecule has 0 aliphatic heterocycles. The topological polar surface area (TPSA) is 83.5 Å². The van der Waals surface area contributed by atoms with Crippen molar-refractivity contribution in [1.82, 2.24) is 4.31 Å². The van der Waals surface area contributed by atoms with E-state index in [0.717, 1.165) is 16.3 Å². The van der Waals surface area contributed by atoms with E-state index in [2.05, 4.69) is 18.6 Å². The van der Waals surface area contributed by atoms with Crippen LogP contribution in [0.25, 0.3) is 0 Å². The molecule has 0 saturated carbocycles. The minimum absolute atomic E-state index is 0.0305. The maximum atomic E-state index is 12.7. The number of anilines is 1. The number of hydrogen-bond acceptors (Lipinski definition) is 4. The third-order valence-electron chi connectivity index (χ3n) is 4.60. The molecule has 8 heteroatoms. The fraction of sp³-hybridized carbons (Fsp3) is 0.368. The summed E-state index contributed by atoms with van der Waals surface area (Å²) in [5.41, 5.74) is 1.95. The fourth-order valence-corrected chi connectivity index (χ4v) is 4.55. The number of rotatable bonds is 7. The van der Waals surface area contributed by atoms with Crippen LogP contribution in [-0.2, 0) is 20.0 Å². The van der Waals surface area contributed by atoms with Crippen LogP contribution >= 0.6 is 0 Å². The van der Waals surface area contributed by atoms with Crippen LogP contribution in [-0.4, -0.2) is 35.2 Å². The summed E-state index contributed by atoms with van der Waals surface area (Å²) in [6, 6.07) is 11.1. The molecule has 2 aromatic carbocycles. The van der Waals surface area contributed by atoms with E-state index in [4.69, 9.17) is 0 Å². The fourth-order valence-electron chi connectivity index (χ4n) is 2.50. The van der Waals surface area contributed by atoms with Crippen LogP contribution in [0.5, 0.6) is 0 Å². The Bertz CT molecular complexity index is 1010. The second kappa shape index (κ2) is 8.00. The zero-order valence-electron chi connectivity index (χ0n) is 16.2. The lowest BCUT2D eigenvalue weighted by atomic mass is 9.99. The van der Waals surface area contributed by atoms with Crippen LogP contribution in [0.1, 0.15) is 37.3 Å². The third-order valence-corrected chi connectivity index (χ3v) is 7.80. The van der Waals surface area contributed by atoms with Gasteiger partial charge in [0.2, 0.25) is 10.0 Å². The van der Waals surface area contributed by atoms with E-state index < -0.39 is 20.0 Å². The van der Waals surface area contributed by atoms with E-state index in [1.54, 1.807) is 25.1 Å². The van der Waals surface area contributed by atoms with E-state index in [9.17, 15) is 16.8 Å². The molecule has 0 aromatic heterocycles. The molecule has 0 bridgehead atoms. The van der Waals surface area contributed by atoms with Gasteiger partial charge in [0, 0.05) is 14.1 Å². The molecule has 0 aliphatic carbocycles. The number of aryl methyl sites for hydroxylation is 1. The zero-order valence-corrected chi connectivity index (χ0v) is 17.9. The Morgan fingerprint density at radius 1 is 0.963 bits per heavy atom. The molecule has 2 aromatic rings. The van der Waals surface area contributed by atoms with Gasteiger partial charge in [-0.3, -0.25) is 4.72 Å². The quantitative estimate of drug-likeness (QED) is 0.756. The summed E-state index contributed by atoms with van der Waals surface area (Å²) in [4.78, 5) is 0.165. The SMILES string of the molecule is CCC(C)c1ccc(S(=O)(=O)Nc2cc(S(=O)(=O)N(C)C)ccc2C)cc1. The summed E-state index contributed by atoms with van der Waals surface area (Å²) in [5.74, 6) is 0.352. The van der Waals surface area contributed by atoms with Crippen molar-refractivity contribution >= 4 is 25.7 Å². The summed E-state index contributed by atoms with van der Waals surface area (Å²) < 4.78 is 53.7. The summed E-state index contributed by atoms with van der Waals surface area (Å²) in [6.07, 6.45) is 0.969. The van der Waals surface area contributed by atoms with Gasteiger partial charge in [-0.2, -0.15) is 0 Å². The molecule has 0 aliphatic rings. The lowest BCUT2D eigenvalue weighted by Crippen LogP contribution is -2.22. The van der Waals surface area contributed by atoms with E-state index in [1.807, 2.05) is 12.1 Å². The van der Waals surface area contributed by atoms with Crippen LogP contribution in [0.3, 0.4) is 0 Å². The largest absolute Gasteiger partial charge is 0.279 e. The van der Waals surface area contributed by atoms with Gasteiger partial charge < -0.3 is 0 Å². The highest BCUT2D eigenvalue weighted by molar-refractivity contribution is 7.92. The smallest absolute Gasteiger partial charge is 0.261 e. The maximum absolute atomic E-state index is 12.7. The van der Waals surface area contributed by atoms with E-state index in [0.29, 0.717) is 11.5 Å². The van der Waals surface area contributed by atoms with Crippen LogP contribution in [0.4, 0.5) is 5.69 Å². The van der Waals surface area contributed by atoms with Gasteiger partial charge in [0.25, 0.3) is 10.0 Å². The lowest BCUT2D eigenvalue weighted by Gasteiger charge is -2.15. The first-order valence-corrected chi connectivity index (χ1v) is 11.6. The Morgan fingerprint density at radius 3 is 2.04 bits per heavy atom. The minimum atomic E-state index is -3.83. The van der Waals surface area contributed by atoms with Gasteiger partial charge in [0.15, 0.2) is 0 Å². The highest BCUT2D eigenvalue weighted by Crippen LogP contribution is 2.26. The first-order chi connectivity index (χ1) is 12.5. The van der Waals surface area contributed by atoms with Crippen molar-refractivity contribution < 1.29 is 16.8 Å². The van der Waals surface area contributed by atoms with Crippen molar-refractivity contribution in [2.45, 2.75) is 42.9 Å². The van der Waals surface area contributed by atoms with Gasteiger partial charge in [0.05, 0.1) is 15.5 Å². The minimum Gasteiger partial charge on any atom is -0.279 e. The first kappa shape index (κ1) is 21.4. The molecule has 27 heavy (non-hydrogen) atoms.